The van der Waals surface area contributed by atoms with E-state index in [0.717, 1.165) is 30.7 Å². The van der Waals surface area contributed by atoms with Crippen LogP contribution < -0.4 is 0 Å². The molecule has 78 valence electrons. The highest BCUT2D eigenvalue weighted by atomic mass is 16.5. The SMILES string of the molecule is C.C.CCCOCC[N+](C)(C)C. The van der Waals surface area contributed by atoms with Gasteiger partial charge in [0.05, 0.1) is 27.7 Å². The van der Waals surface area contributed by atoms with Gasteiger partial charge in [-0.2, -0.15) is 0 Å². The van der Waals surface area contributed by atoms with Crippen LogP contribution in [0.15, 0.2) is 0 Å². The summed E-state index contributed by atoms with van der Waals surface area (Å²) in [6, 6.07) is 0. The Morgan fingerprint density at radius 2 is 1.50 bits per heavy atom. The minimum atomic E-state index is 0. The zero-order valence-electron chi connectivity index (χ0n) is 7.68. The number of hydrogen-bond acceptors (Lipinski definition) is 1. The van der Waals surface area contributed by atoms with Crippen LogP contribution in [0.2, 0.25) is 0 Å². The van der Waals surface area contributed by atoms with Crippen LogP contribution in [0.3, 0.4) is 0 Å². The van der Waals surface area contributed by atoms with Crippen LogP contribution >= 0.6 is 0 Å². The third-order valence-electron chi connectivity index (χ3n) is 1.25. The first-order valence-electron chi connectivity index (χ1n) is 3.94. The zero-order chi connectivity index (χ0) is 8.04. The molecule has 0 aromatic carbocycles. The van der Waals surface area contributed by atoms with Crippen LogP contribution in [0, 0.1) is 0 Å². The van der Waals surface area contributed by atoms with Gasteiger partial charge in [-0.1, -0.05) is 21.8 Å². The first-order chi connectivity index (χ1) is 4.56. The predicted octanol–water partition coefficient (Wildman–Crippen LogP) is 2.39. The lowest BCUT2D eigenvalue weighted by Crippen LogP contribution is -2.37. The number of quaternary nitrogens is 1. The molecule has 0 aliphatic rings. The molecular formula is C10H28NO+. The fourth-order valence-electron chi connectivity index (χ4n) is 0.585. The van der Waals surface area contributed by atoms with Gasteiger partial charge in [-0.15, -0.1) is 0 Å². The first-order valence-corrected chi connectivity index (χ1v) is 3.94. The van der Waals surface area contributed by atoms with Crippen molar-refractivity contribution in [3.05, 3.63) is 0 Å². The number of rotatable bonds is 5. The molecule has 0 atom stereocenters. The molecule has 0 saturated heterocycles. The van der Waals surface area contributed by atoms with E-state index in [4.69, 9.17) is 4.74 Å². The molecule has 12 heavy (non-hydrogen) atoms. The van der Waals surface area contributed by atoms with E-state index in [2.05, 4.69) is 28.1 Å². The van der Waals surface area contributed by atoms with E-state index in [9.17, 15) is 0 Å². The fraction of sp³-hybridized carbons (Fsp3) is 1.00. The molecule has 0 aliphatic carbocycles. The molecule has 0 aromatic heterocycles. The van der Waals surface area contributed by atoms with Crippen molar-refractivity contribution >= 4 is 0 Å². The molecule has 2 heteroatoms. The quantitative estimate of drug-likeness (QED) is 0.464. The third kappa shape index (κ3) is 16.5. The Hall–Kier alpha value is -0.0800. The van der Waals surface area contributed by atoms with E-state index in [-0.39, 0.29) is 14.9 Å². The summed E-state index contributed by atoms with van der Waals surface area (Å²) in [6.07, 6.45) is 1.12. The van der Waals surface area contributed by atoms with Gasteiger partial charge >= 0.3 is 0 Å². The van der Waals surface area contributed by atoms with Gasteiger partial charge in [0, 0.05) is 6.61 Å². The maximum Gasteiger partial charge on any atom is 0.102 e. The molecule has 0 amide bonds. The van der Waals surface area contributed by atoms with Gasteiger partial charge < -0.3 is 9.22 Å². The van der Waals surface area contributed by atoms with Crippen LogP contribution in [-0.4, -0.2) is 45.4 Å². The summed E-state index contributed by atoms with van der Waals surface area (Å²) in [5.41, 5.74) is 0. The van der Waals surface area contributed by atoms with Crippen molar-refractivity contribution in [2.45, 2.75) is 28.2 Å². The van der Waals surface area contributed by atoms with Crippen molar-refractivity contribution in [2.75, 3.05) is 40.9 Å². The molecule has 0 aromatic rings. The minimum Gasteiger partial charge on any atom is -0.376 e. The van der Waals surface area contributed by atoms with Gasteiger partial charge in [-0.25, -0.2) is 0 Å². The van der Waals surface area contributed by atoms with Crippen LogP contribution in [0.25, 0.3) is 0 Å². The van der Waals surface area contributed by atoms with Gasteiger partial charge in [0.2, 0.25) is 0 Å². The lowest BCUT2D eigenvalue weighted by molar-refractivity contribution is -0.870. The summed E-state index contributed by atoms with van der Waals surface area (Å²) in [6.45, 7) is 5.02. The van der Waals surface area contributed by atoms with E-state index >= 15 is 0 Å². The van der Waals surface area contributed by atoms with Crippen LogP contribution in [0.1, 0.15) is 28.2 Å². The predicted molar refractivity (Wildman–Crippen MR) is 57.5 cm³/mol. The van der Waals surface area contributed by atoms with Crippen LogP contribution in [0.4, 0.5) is 0 Å². The average molecular weight is 178 g/mol. The molecule has 2 nitrogen and oxygen atoms in total. The van der Waals surface area contributed by atoms with Crippen molar-refractivity contribution in [3.63, 3.8) is 0 Å². The van der Waals surface area contributed by atoms with Crippen LogP contribution in [0.5, 0.6) is 0 Å². The third-order valence-corrected chi connectivity index (χ3v) is 1.25. The van der Waals surface area contributed by atoms with E-state index in [0.29, 0.717) is 0 Å². The van der Waals surface area contributed by atoms with Crippen LogP contribution in [-0.2, 0) is 4.74 Å². The maximum atomic E-state index is 5.34. The summed E-state index contributed by atoms with van der Waals surface area (Å²) in [4.78, 5) is 0. The number of hydrogen-bond donors (Lipinski definition) is 0. The second-order valence-corrected chi connectivity index (χ2v) is 3.63. The molecule has 0 fully saturated rings. The molecule has 0 bridgehead atoms. The Labute approximate surface area is 79.1 Å². The fourth-order valence-corrected chi connectivity index (χ4v) is 0.585. The molecular weight excluding hydrogens is 150 g/mol. The largest absolute Gasteiger partial charge is 0.376 e. The average Bonchev–Trinajstić information content (AvgIpc) is 1.78. The van der Waals surface area contributed by atoms with Gasteiger partial charge in [0.1, 0.15) is 6.54 Å². The Kier molecular flexibility index (Phi) is 13.4. The van der Waals surface area contributed by atoms with E-state index in [1.165, 1.54) is 0 Å². The number of likely N-dealkylation sites (N-methyl/N-ethyl adjacent to an activating group) is 1. The molecule has 0 heterocycles. The summed E-state index contributed by atoms with van der Waals surface area (Å²) < 4.78 is 6.33. The standard InChI is InChI=1S/C8H20NO.2CH4/c1-5-7-10-8-6-9(2,3)4;;/h5-8H2,1-4H3;2*1H4/q+1;;. The zero-order valence-corrected chi connectivity index (χ0v) is 7.68. The lowest BCUT2D eigenvalue weighted by atomic mass is 10.5. The Bertz CT molecular complexity index is 76.4. The van der Waals surface area contributed by atoms with E-state index < -0.39 is 0 Å². The topological polar surface area (TPSA) is 9.23 Å². The van der Waals surface area contributed by atoms with Gasteiger partial charge in [0.25, 0.3) is 0 Å². The highest BCUT2D eigenvalue weighted by Crippen LogP contribution is 1.89. The molecule has 0 aliphatic heterocycles. The Balaban J connectivity index is -0.000000405. The maximum absolute atomic E-state index is 5.34. The number of nitrogens with zero attached hydrogens (tertiary/aromatic N) is 1. The Morgan fingerprint density at radius 3 is 1.83 bits per heavy atom. The Morgan fingerprint density at radius 1 is 1.00 bits per heavy atom. The van der Waals surface area contributed by atoms with Crippen molar-refractivity contribution in [3.8, 4) is 0 Å². The van der Waals surface area contributed by atoms with E-state index in [1.54, 1.807) is 0 Å². The van der Waals surface area contributed by atoms with E-state index in [1.807, 2.05) is 0 Å². The molecule has 0 spiro atoms. The highest BCUT2D eigenvalue weighted by Gasteiger charge is 2.04. The van der Waals surface area contributed by atoms with Crippen molar-refractivity contribution in [1.82, 2.24) is 0 Å². The first kappa shape index (κ1) is 17.9. The summed E-state index contributed by atoms with van der Waals surface area (Å²) >= 11 is 0. The monoisotopic (exact) mass is 178 g/mol. The highest BCUT2D eigenvalue weighted by molar-refractivity contribution is 4.29. The number of ether oxygens (including phenoxy) is 1. The summed E-state index contributed by atoms with van der Waals surface area (Å²) in [5, 5.41) is 0. The van der Waals surface area contributed by atoms with Gasteiger partial charge in [-0.3, -0.25) is 0 Å². The molecule has 0 rings (SSSR count). The normalized spacial score (nSPS) is 10.0. The van der Waals surface area contributed by atoms with Gasteiger partial charge in [-0.05, 0) is 6.42 Å². The minimum absolute atomic E-state index is 0. The summed E-state index contributed by atoms with van der Waals surface area (Å²) in [7, 11) is 6.53. The lowest BCUT2D eigenvalue weighted by Gasteiger charge is -2.23. The molecule has 0 radical (unpaired) electrons. The van der Waals surface area contributed by atoms with Crippen molar-refractivity contribution < 1.29 is 9.22 Å². The van der Waals surface area contributed by atoms with Gasteiger partial charge in [0.15, 0.2) is 0 Å². The van der Waals surface area contributed by atoms with Crippen molar-refractivity contribution in [1.29, 1.82) is 0 Å². The van der Waals surface area contributed by atoms with Crippen molar-refractivity contribution in [2.24, 2.45) is 0 Å². The molecule has 0 saturated carbocycles. The second-order valence-electron chi connectivity index (χ2n) is 3.63. The molecule has 0 N–H and O–H groups in total. The summed E-state index contributed by atoms with van der Waals surface area (Å²) in [5.74, 6) is 0. The smallest absolute Gasteiger partial charge is 0.102 e. The second kappa shape index (κ2) is 9.01. The molecule has 0 unspecified atom stereocenters.